The van der Waals surface area contributed by atoms with E-state index in [0.29, 0.717) is 18.7 Å². The van der Waals surface area contributed by atoms with E-state index in [-0.39, 0.29) is 11.9 Å². The van der Waals surface area contributed by atoms with Crippen LogP contribution in [0.15, 0.2) is 43.1 Å². The third-order valence-corrected chi connectivity index (χ3v) is 3.26. The van der Waals surface area contributed by atoms with E-state index in [4.69, 9.17) is 0 Å². The molecule has 1 amide bonds. The maximum atomic E-state index is 12.2. The number of amides is 1. The normalized spacial score (nSPS) is 12.4. The molecule has 108 valence electrons. The number of imidazole rings is 1. The van der Waals surface area contributed by atoms with Crippen molar-refractivity contribution in [1.29, 1.82) is 0 Å². The molecule has 0 aliphatic carbocycles. The number of nitrogens with one attached hydrogen (secondary N) is 1. The van der Waals surface area contributed by atoms with Gasteiger partial charge in [0.1, 0.15) is 6.04 Å². The number of nitrogens with zero attached hydrogens (tertiary/aromatic N) is 5. The number of aromatic nitrogens is 5. The van der Waals surface area contributed by atoms with Crippen molar-refractivity contribution in [3.05, 3.63) is 48.8 Å². The van der Waals surface area contributed by atoms with Crippen molar-refractivity contribution in [3.8, 4) is 0 Å². The zero-order chi connectivity index (χ0) is 14.7. The third-order valence-electron chi connectivity index (χ3n) is 3.26. The maximum absolute atomic E-state index is 12.2. The average Bonchev–Trinajstić information content (AvgIpc) is 3.14. The molecule has 3 aromatic rings. The number of hydrogen-bond acceptors (Lipinski definition) is 4. The van der Waals surface area contributed by atoms with Crippen molar-refractivity contribution in [2.45, 2.75) is 25.9 Å². The topological polar surface area (TPSA) is 77.1 Å². The van der Waals surface area contributed by atoms with Crippen LogP contribution in [0, 0.1) is 0 Å². The minimum Gasteiger partial charge on any atom is -0.349 e. The van der Waals surface area contributed by atoms with Crippen LogP contribution in [0.2, 0.25) is 0 Å². The van der Waals surface area contributed by atoms with Crippen LogP contribution in [-0.4, -0.2) is 30.1 Å². The summed E-state index contributed by atoms with van der Waals surface area (Å²) in [7, 11) is 0. The third kappa shape index (κ3) is 2.76. The first kappa shape index (κ1) is 13.3. The van der Waals surface area contributed by atoms with Gasteiger partial charge in [-0.25, -0.2) is 9.97 Å². The lowest BCUT2D eigenvalue weighted by Gasteiger charge is -2.14. The van der Waals surface area contributed by atoms with E-state index in [1.165, 1.54) is 0 Å². The average molecular weight is 284 g/mol. The number of carbonyl (C=O) groups is 1. The van der Waals surface area contributed by atoms with Crippen LogP contribution in [-0.2, 0) is 11.3 Å². The molecule has 0 fully saturated rings. The number of hydrogen-bond donors (Lipinski definition) is 1. The monoisotopic (exact) mass is 284 g/mol. The molecule has 3 heterocycles. The molecule has 1 atom stereocenters. The summed E-state index contributed by atoms with van der Waals surface area (Å²) in [5, 5.41) is 7.02. The Morgan fingerprint density at radius 3 is 2.90 bits per heavy atom. The summed E-state index contributed by atoms with van der Waals surface area (Å²) in [6.45, 7) is 2.33. The molecule has 0 bridgehead atoms. The Morgan fingerprint density at radius 1 is 1.33 bits per heavy atom. The van der Waals surface area contributed by atoms with Gasteiger partial charge in [-0.2, -0.15) is 5.10 Å². The lowest BCUT2D eigenvalue weighted by molar-refractivity contribution is -0.124. The number of carbonyl (C=O) groups excluding carboxylic acids is 1. The predicted molar refractivity (Wildman–Crippen MR) is 76.4 cm³/mol. The molecule has 0 saturated carbocycles. The summed E-state index contributed by atoms with van der Waals surface area (Å²) < 4.78 is 3.49. The molecule has 7 nitrogen and oxygen atoms in total. The molecule has 3 rings (SSSR count). The standard InChI is InChI=1S/C14H16N6O/c1-2-12(20-8-4-6-17-20)13(21)16-9-11-10-19-7-3-5-15-14(19)18-11/h3-8,10,12H,2,9H2,1H3,(H,16,21)/t12-/m1/s1. The van der Waals surface area contributed by atoms with E-state index in [2.05, 4.69) is 20.4 Å². The summed E-state index contributed by atoms with van der Waals surface area (Å²) in [5.74, 6) is 0.562. The summed E-state index contributed by atoms with van der Waals surface area (Å²) in [5.41, 5.74) is 0.775. The van der Waals surface area contributed by atoms with E-state index in [0.717, 1.165) is 5.69 Å². The minimum atomic E-state index is -0.296. The van der Waals surface area contributed by atoms with Crippen LogP contribution in [0.3, 0.4) is 0 Å². The van der Waals surface area contributed by atoms with Crippen LogP contribution >= 0.6 is 0 Å². The second-order valence-corrected chi connectivity index (χ2v) is 4.69. The van der Waals surface area contributed by atoms with Crippen molar-refractivity contribution in [1.82, 2.24) is 29.5 Å². The fourth-order valence-electron chi connectivity index (χ4n) is 2.22. The van der Waals surface area contributed by atoms with E-state index in [9.17, 15) is 4.79 Å². The van der Waals surface area contributed by atoms with Gasteiger partial charge in [-0.15, -0.1) is 0 Å². The highest BCUT2D eigenvalue weighted by molar-refractivity contribution is 5.80. The van der Waals surface area contributed by atoms with Crippen LogP contribution in [0.5, 0.6) is 0 Å². The molecule has 0 spiro atoms. The van der Waals surface area contributed by atoms with E-state index in [1.54, 1.807) is 23.3 Å². The Kier molecular flexibility index (Phi) is 3.63. The molecule has 0 unspecified atom stereocenters. The molecule has 21 heavy (non-hydrogen) atoms. The second kappa shape index (κ2) is 5.74. The largest absolute Gasteiger partial charge is 0.349 e. The molecule has 7 heteroatoms. The molecular weight excluding hydrogens is 268 g/mol. The fourth-order valence-corrected chi connectivity index (χ4v) is 2.22. The van der Waals surface area contributed by atoms with Gasteiger partial charge in [0.15, 0.2) is 0 Å². The maximum Gasteiger partial charge on any atom is 0.245 e. The molecule has 1 N–H and O–H groups in total. The zero-order valence-electron chi connectivity index (χ0n) is 11.7. The van der Waals surface area contributed by atoms with Crippen molar-refractivity contribution in [2.24, 2.45) is 0 Å². The van der Waals surface area contributed by atoms with Crippen LogP contribution in [0.1, 0.15) is 25.1 Å². The second-order valence-electron chi connectivity index (χ2n) is 4.69. The Balaban J connectivity index is 1.67. The summed E-state index contributed by atoms with van der Waals surface area (Å²) in [6.07, 6.45) is 9.57. The number of rotatable bonds is 5. The van der Waals surface area contributed by atoms with Crippen molar-refractivity contribution < 1.29 is 4.79 Å². The molecule has 0 aliphatic heterocycles. The van der Waals surface area contributed by atoms with E-state index < -0.39 is 0 Å². The lowest BCUT2D eigenvalue weighted by Crippen LogP contribution is -2.32. The number of fused-ring (bicyclic) bond motifs is 1. The van der Waals surface area contributed by atoms with Crippen LogP contribution in [0.25, 0.3) is 5.78 Å². The van der Waals surface area contributed by atoms with Gasteiger partial charge >= 0.3 is 0 Å². The lowest BCUT2D eigenvalue weighted by atomic mass is 10.2. The quantitative estimate of drug-likeness (QED) is 0.763. The molecule has 0 aliphatic rings. The summed E-state index contributed by atoms with van der Waals surface area (Å²) in [4.78, 5) is 20.7. The van der Waals surface area contributed by atoms with E-state index >= 15 is 0 Å². The first-order valence-corrected chi connectivity index (χ1v) is 6.83. The smallest absolute Gasteiger partial charge is 0.245 e. The molecular formula is C14H16N6O. The van der Waals surface area contributed by atoms with Gasteiger partial charge in [-0.1, -0.05) is 6.92 Å². The van der Waals surface area contributed by atoms with Gasteiger partial charge in [0, 0.05) is 31.0 Å². The summed E-state index contributed by atoms with van der Waals surface area (Å²) >= 11 is 0. The van der Waals surface area contributed by atoms with Gasteiger partial charge in [-0.05, 0) is 18.6 Å². The van der Waals surface area contributed by atoms with Crippen LogP contribution < -0.4 is 5.32 Å². The van der Waals surface area contributed by atoms with Gasteiger partial charge in [0.05, 0.1) is 12.2 Å². The zero-order valence-corrected chi connectivity index (χ0v) is 11.7. The Bertz CT molecular complexity index is 700. The van der Waals surface area contributed by atoms with Crippen molar-refractivity contribution >= 4 is 11.7 Å². The first-order chi connectivity index (χ1) is 10.3. The summed E-state index contributed by atoms with van der Waals surface area (Å²) in [6, 6.07) is 3.35. The minimum absolute atomic E-state index is 0.0637. The Hall–Kier alpha value is -2.70. The van der Waals surface area contributed by atoms with Gasteiger partial charge in [-0.3, -0.25) is 13.9 Å². The van der Waals surface area contributed by atoms with Gasteiger partial charge in [0.2, 0.25) is 11.7 Å². The predicted octanol–water partition coefficient (Wildman–Crippen LogP) is 1.19. The Morgan fingerprint density at radius 2 is 2.19 bits per heavy atom. The van der Waals surface area contributed by atoms with E-state index in [1.807, 2.05) is 35.9 Å². The molecule has 0 aromatic carbocycles. The Labute approximate surface area is 121 Å². The fraction of sp³-hybridized carbons (Fsp3) is 0.286. The molecule has 0 saturated heterocycles. The van der Waals surface area contributed by atoms with Crippen molar-refractivity contribution in [3.63, 3.8) is 0 Å². The van der Waals surface area contributed by atoms with Gasteiger partial charge < -0.3 is 5.32 Å². The SMILES string of the molecule is CC[C@H](C(=O)NCc1cn2cccnc2n1)n1cccn1. The molecule has 0 radical (unpaired) electrons. The highest BCUT2D eigenvalue weighted by atomic mass is 16.2. The first-order valence-electron chi connectivity index (χ1n) is 6.83. The highest BCUT2D eigenvalue weighted by Crippen LogP contribution is 2.10. The highest BCUT2D eigenvalue weighted by Gasteiger charge is 2.18. The van der Waals surface area contributed by atoms with Crippen molar-refractivity contribution in [2.75, 3.05) is 0 Å². The van der Waals surface area contributed by atoms with Crippen LogP contribution in [0.4, 0.5) is 0 Å². The molecule has 3 aromatic heterocycles. The van der Waals surface area contributed by atoms with Gasteiger partial charge in [0.25, 0.3) is 0 Å².